The van der Waals surface area contributed by atoms with Crippen LogP contribution in [0.5, 0.6) is 0 Å². The third-order valence-electron chi connectivity index (χ3n) is 1.31. The Bertz CT molecular complexity index is 348. The number of carbonyl (C=O) groups is 1. The largest absolute Gasteiger partial charge is 1.00 e. The summed E-state index contributed by atoms with van der Waals surface area (Å²) in [5.41, 5.74) is -0.957. The van der Waals surface area contributed by atoms with Crippen molar-refractivity contribution >= 4 is 17.6 Å². The first kappa shape index (κ1) is 14.4. The van der Waals surface area contributed by atoms with Crippen LogP contribution in [0.2, 0.25) is 5.02 Å². The molecule has 1 heterocycles. The molecule has 0 aliphatic carbocycles. The van der Waals surface area contributed by atoms with E-state index in [1.54, 1.807) is 0 Å². The third kappa shape index (κ3) is 3.52. The summed E-state index contributed by atoms with van der Waals surface area (Å²) in [5.74, 6) is -1.59. The molecule has 0 atom stereocenters. The number of carbonyl (C=O) groups excluding carboxylic acids is 1. The fraction of sp³-hybridized carbons (Fsp3) is 0.143. The van der Waals surface area contributed by atoms with Gasteiger partial charge in [-0.1, -0.05) is 11.6 Å². The van der Waals surface area contributed by atoms with Crippen molar-refractivity contribution in [2.45, 2.75) is 6.43 Å². The van der Waals surface area contributed by atoms with Crippen LogP contribution in [0.25, 0.3) is 0 Å². The average Bonchev–Trinajstić information content (AvgIpc) is 2.03. The summed E-state index contributed by atoms with van der Waals surface area (Å²) in [6, 6.07) is 0.852. The van der Waals surface area contributed by atoms with Crippen molar-refractivity contribution in [1.29, 1.82) is 0 Å². The number of rotatable bonds is 2. The van der Waals surface area contributed by atoms with E-state index in [1.807, 2.05) is 0 Å². The zero-order valence-electron chi connectivity index (χ0n) is 7.13. The van der Waals surface area contributed by atoms with E-state index in [2.05, 4.69) is 4.98 Å². The van der Waals surface area contributed by atoms with E-state index < -0.39 is 23.7 Å². The van der Waals surface area contributed by atoms with Crippen molar-refractivity contribution < 1.29 is 70.1 Å². The van der Waals surface area contributed by atoms with E-state index in [-0.39, 0.29) is 56.4 Å². The van der Waals surface area contributed by atoms with E-state index in [0.717, 1.165) is 12.3 Å². The molecule has 1 aromatic heterocycles. The van der Waals surface area contributed by atoms with Crippen molar-refractivity contribution in [3.8, 4) is 0 Å². The Morgan fingerprint density at radius 1 is 1.57 bits per heavy atom. The van der Waals surface area contributed by atoms with Crippen LogP contribution in [-0.4, -0.2) is 11.0 Å². The molecule has 0 aromatic carbocycles. The van der Waals surface area contributed by atoms with Crippen LogP contribution in [0.4, 0.5) is 8.78 Å². The molecule has 0 aliphatic rings. The van der Waals surface area contributed by atoms with Crippen molar-refractivity contribution in [2.75, 3.05) is 0 Å². The quantitative estimate of drug-likeness (QED) is 0.569. The van der Waals surface area contributed by atoms with E-state index in [0.29, 0.717) is 0 Å². The van der Waals surface area contributed by atoms with Crippen LogP contribution in [-0.2, 0) is 0 Å². The van der Waals surface area contributed by atoms with Crippen molar-refractivity contribution in [3.63, 3.8) is 0 Å². The van der Waals surface area contributed by atoms with Gasteiger partial charge in [-0.25, -0.2) is 8.78 Å². The molecule has 0 amide bonds. The van der Waals surface area contributed by atoms with Gasteiger partial charge in [0.25, 0.3) is 6.43 Å². The third-order valence-corrected chi connectivity index (χ3v) is 1.60. The molecule has 0 spiro atoms. The molecule has 0 unspecified atom stereocenters. The van der Waals surface area contributed by atoms with Crippen molar-refractivity contribution in [1.82, 2.24) is 4.98 Å². The Morgan fingerprint density at radius 2 is 2.14 bits per heavy atom. The molecule has 1 rings (SSSR count). The molecule has 14 heavy (non-hydrogen) atoms. The van der Waals surface area contributed by atoms with E-state index in [1.165, 1.54) is 0 Å². The van der Waals surface area contributed by atoms with Crippen LogP contribution < -0.4 is 56.5 Å². The van der Waals surface area contributed by atoms with Gasteiger partial charge in [-0.3, -0.25) is 4.98 Å². The smallest absolute Gasteiger partial charge is 0.543 e. The summed E-state index contributed by atoms with van der Waals surface area (Å²) in [6.07, 6.45) is -1.97. The molecule has 3 nitrogen and oxygen atoms in total. The first-order chi connectivity index (χ1) is 6.02. The SMILES string of the molecule is O=C([O-])c1ncc(C(F)F)cc1Cl.[K+]. The number of hydrogen-bond donors (Lipinski definition) is 0. The number of alkyl halides is 2. The zero-order valence-corrected chi connectivity index (χ0v) is 11.0. The molecule has 0 N–H and O–H groups in total. The second-order valence-electron chi connectivity index (χ2n) is 2.19. The Balaban J connectivity index is 0.00000169. The van der Waals surface area contributed by atoms with Gasteiger partial charge in [0.1, 0.15) is 5.69 Å². The number of nitrogens with zero attached hydrogens (tertiary/aromatic N) is 1. The average molecular weight is 246 g/mol. The number of carboxylic acids is 1. The second kappa shape index (κ2) is 6.09. The Morgan fingerprint density at radius 3 is 2.50 bits per heavy atom. The Hall–Kier alpha value is 0.406. The van der Waals surface area contributed by atoms with Gasteiger partial charge in [0, 0.05) is 11.8 Å². The second-order valence-corrected chi connectivity index (χ2v) is 2.59. The number of aromatic carboxylic acids is 1. The fourth-order valence-corrected chi connectivity index (χ4v) is 0.974. The first-order valence-electron chi connectivity index (χ1n) is 3.17. The van der Waals surface area contributed by atoms with Gasteiger partial charge in [-0.05, 0) is 6.07 Å². The van der Waals surface area contributed by atoms with Gasteiger partial charge in [0.2, 0.25) is 0 Å². The minimum absolute atomic E-state index is 0. The molecular weight excluding hydrogens is 243 g/mol. The Kier molecular flexibility index (Phi) is 6.27. The molecule has 70 valence electrons. The monoisotopic (exact) mass is 245 g/mol. The molecule has 0 bridgehead atoms. The van der Waals surface area contributed by atoms with Gasteiger partial charge in [-0.15, -0.1) is 0 Å². The molecule has 0 fully saturated rings. The van der Waals surface area contributed by atoms with Crippen molar-refractivity contribution in [3.05, 3.63) is 28.5 Å². The number of halogens is 3. The summed E-state index contributed by atoms with van der Waals surface area (Å²) < 4.78 is 24.0. The van der Waals surface area contributed by atoms with Gasteiger partial charge in [-0.2, -0.15) is 0 Å². The topological polar surface area (TPSA) is 53.0 Å². The van der Waals surface area contributed by atoms with Gasteiger partial charge in [0.05, 0.1) is 11.0 Å². The fourth-order valence-electron chi connectivity index (χ4n) is 0.722. The zero-order chi connectivity index (χ0) is 10.0. The molecule has 0 aliphatic heterocycles. The van der Waals surface area contributed by atoms with Gasteiger partial charge in [0.15, 0.2) is 0 Å². The molecule has 1 aromatic rings. The predicted molar refractivity (Wildman–Crippen MR) is 38.5 cm³/mol. The van der Waals surface area contributed by atoms with E-state index in [9.17, 15) is 18.7 Å². The molecule has 0 saturated carbocycles. The maximum Gasteiger partial charge on any atom is 1.00 e. The number of carboxylic acid groups (broad SMARTS) is 1. The van der Waals surface area contributed by atoms with Crippen LogP contribution in [0, 0.1) is 0 Å². The number of aromatic nitrogens is 1. The summed E-state index contributed by atoms with van der Waals surface area (Å²) in [4.78, 5) is 13.5. The normalized spacial score (nSPS) is 9.71. The van der Waals surface area contributed by atoms with Crippen molar-refractivity contribution in [2.24, 2.45) is 0 Å². The summed E-state index contributed by atoms with van der Waals surface area (Å²) >= 11 is 5.35. The summed E-state index contributed by atoms with van der Waals surface area (Å²) in [7, 11) is 0. The minimum Gasteiger partial charge on any atom is -0.543 e. The first-order valence-corrected chi connectivity index (χ1v) is 3.55. The van der Waals surface area contributed by atoms with Crippen LogP contribution in [0.3, 0.4) is 0 Å². The summed E-state index contributed by atoms with van der Waals surface area (Å²) in [5, 5.41) is 9.91. The Labute approximate surface area is 126 Å². The summed E-state index contributed by atoms with van der Waals surface area (Å²) in [6.45, 7) is 0. The predicted octanol–water partition coefficient (Wildman–Crippen LogP) is -1.96. The van der Waals surface area contributed by atoms with Crippen LogP contribution in [0.15, 0.2) is 12.3 Å². The maximum absolute atomic E-state index is 12.0. The maximum atomic E-state index is 12.0. The van der Waals surface area contributed by atoms with Gasteiger partial charge >= 0.3 is 51.4 Å². The van der Waals surface area contributed by atoms with Gasteiger partial charge < -0.3 is 9.90 Å². The minimum atomic E-state index is -2.72. The standard InChI is InChI=1S/C7H4ClF2NO2.K/c8-4-1-3(6(9)10)2-11-5(4)7(12)13;/h1-2,6H,(H,12,13);/q;+1/p-1. The number of hydrogen-bond acceptors (Lipinski definition) is 3. The molecule has 0 radical (unpaired) electrons. The molecular formula is C7H3ClF2KNO2. The molecule has 0 saturated heterocycles. The van der Waals surface area contributed by atoms with Crippen LogP contribution >= 0.6 is 11.6 Å². The number of pyridine rings is 1. The van der Waals surface area contributed by atoms with E-state index in [4.69, 9.17) is 11.6 Å². The van der Waals surface area contributed by atoms with E-state index >= 15 is 0 Å². The van der Waals surface area contributed by atoms with Crippen LogP contribution in [0.1, 0.15) is 22.5 Å². The molecule has 7 heteroatoms.